The van der Waals surface area contributed by atoms with E-state index in [2.05, 4.69) is 5.32 Å². The molecule has 0 radical (unpaired) electrons. The molecule has 1 unspecified atom stereocenters. The third-order valence-electron chi connectivity index (χ3n) is 2.29. The smallest absolute Gasteiger partial charge is 0.251 e. The molecule has 0 fully saturated rings. The average molecular weight is 270 g/mol. The van der Waals surface area contributed by atoms with E-state index in [0.29, 0.717) is 11.3 Å². The predicted octanol–water partition coefficient (Wildman–Crippen LogP) is 0.740. The number of hydrogen-bond acceptors (Lipinski definition) is 4. The van der Waals surface area contributed by atoms with Crippen molar-refractivity contribution in [2.75, 3.05) is 17.7 Å². The highest BCUT2D eigenvalue weighted by Gasteiger charge is 2.14. The zero-order valence-corrected chi connectivity index (χ0v) is 11.5. The Balaban J connectivity index is 2.76. The third kappa shape index (κ3) is 4.75. The van der Waals surface area contributed by atoms with Crippen molar-refractivity contribution in [3.05, 3.63) is 29.3 Å². The molecule has 1 aromatic rings. The van der Waals surface area contributed by atoms with Gasteiger partial charge in [0.1, 0.15) is 9.84 Å². The molecule has 0 aliphatic rings. The number of anilines is 1. The molecule has 1 aromatic carbocycles. The molecule has 0 heterocycles. The summed E-state index contributed by atoms with van der Waals surface area (Å²) in [5.74, 6) is -0.401. The van der Waals surface area contributed by atoms with Gasteiger partial charge in [0.25, 0.3) is 5.91 Å². The molecule has 1 amide bonds. The van der Waals surface area contributed by atoms with Crippen LogP contribution in [0.4, 0.5) is 5.69 Å². The Labute approximate surface area is 107 Å². The Morgan fingerprint density at radius 2 is 2.00 bits per heavy atom. The zero-order chi connectivity index (χ0) is 13.9. The van der Waals surface area contributed by atoms with E-state index in [9.17, 15) is 13.2 Å². The van der Waals surface area contributed by atoms with Crippen LogP contribution in [0.2, 0.25) is 0 Å². The van der Waals surface area contributed by atoms with Gasteiger partial charge in [-0.25, -0.2) is 8.42 Å². The first-order valence-electron chi connectivity index (χ1n) is 5.53. The van der Waals surface area contributed by atoms with E-state index in [1.807, 2.05) is 6.92 Å². The second kappa shape index (κ2) is 5.39. The Morgan fingerprint density at radius 3 is 2.50 bits per heavy atom. The maximum absolute atomic E-state index is 11.9. The van der Waals surface area contributed by atoms with Gasteiger partial charge < -0.3 is 11.1 Å². The van der Waals surface area contributed by atoms with Crippen LogP contribution in [0.5, 0.6) is 0 Å². The highest BCUT2D eigenvalue weighted by Crippen LogP contribution is 2.11. The topological polar surface area (TPSA) is 89.3 Å². The zero-order valence-electron chi connectivity index (χ0n) is 10.7. The van der Waals surface area contributed by atoms with Gasteiger partial charge in [-0.15, -0.1) is 0 Å². The summed E-state index contributed by atoms with van der Waals surface area (Å²) < 4.78 is 22.2. The fourth-order valence-corrected chi connectivity index (χ4v) is 2.74. The van der Waals surface area contributed by atoms with E-state index in [1.165, 1.54) is 0 Å². The number of rotatable bonds is 4. The van der Waals surface area contributed by atoms with E-state index in [-0.39, 0.29) is 11.7 Å². The molecule has 0 saturated carbocycles. The van der Waals surface area contributed by atoms with Crippen molar-refractivity contribution in [1.82, 2.24) is 5.32 Å². The molecule has 0 aliphatic heterocycles. The van der Waals surface area contributed by atoms with Gasteiger partial charge >= 0.3 is 0 Å². The summed E-state index contributed by atoms with van der Waals surface area (Å²) >= 11 is 0. The van der Waals surface area contributed by atoms with Gasteiger partial charge in [0.15, 0.2) is 0 Å². The molecular weight excluding hydrogens is 252 g/mol. The van der Waals surface area contributed by atoms with Gasteiger partial charge in [-0.05, 0) is 37.6 Å². The van der Waals surface area contributed by atoms with Crippen molar-refractivity contribution in [3.8, 4) is 0 Å². The lowest BCUT2D eigenvalue weighted by molar-refractivity contribution is 0.0943. The first-order valence-corrected chi connectivity index (χ1v) is 7.59. The van der Waals surface area contributed by atoms with Crippen LogP contribution in [-0.2, 0) is 9.84 Å². The number of benzene rings is 1. The Morgan fingerprint density at radius 1 is 1.39 bits per heavy atom. The summed E-state index contributed by atoms with van der Waals surface area (Å²) in [7, 11) is -3.11. The van der Waals surface area contributed by atoms with Crippen LogP contribution < -0.4 is 11.1 Å². The van der Waals surface area contributed by atoms with Crippen LogP contribution in [0.15, 0.2) is 18.2 Å². The van der Waals surface area contributed by atoms with Crippen molar-refractivity contribution >= 4 is 21.4 Å². The van der Waals surface area contributed by atoms with Crippen LogP contribution in [-0.4, -0.2) is 32.4 Å². The first-order chi connectivity index (χ1) is 8.17. The highest BCUT2D eigenvalue weighted by molar-refractivity contribution is 7.90. The lowest BCUT2D eigenvalue weighted by atomic mass is 10.1. The van der Waals surface area contributed by atoms with Gasteiger partial charge in [-0.1, -0.05) is 0 Å². The number of hydrogen-bond donors (Lipinski definition) is 2. The Bertz CT molecular complexity index is 532. The molecule has 0 aromatic heterocycles. The second-order valence-corrected chi connectivity index (χ2v) is 6.78. The SMILES string of the molecule is Cc1cc(N)cc(C(=O)NC(C)CS(C)(=O)=O)c1. The van der Waals surface area contributed by atoms with Crippen molar-refractivity contribution < 1.29 is 13.2 Å². The van der Waals surface area contributed by atoms with Crippen molar-refractivity contribution in [2.24, 2.45) is 0 Å². The summed E-state index contributed by atoms with van der Waals surface area (Å²) in [6, 6.07) is 4.60. The number of sulfone groups is 1. The number of carbonyl (C=O) groups is 1. The minimum absolute atomic E-state index is 0.0833. The molecule has 3 N–H and O–H groups in total. The largest absolute Gasteiger partial charge is 0.399 e. The van der Waals surface area contributed by atoms with Gasteiger partial charge in [-0.3, -0.25) is 4.79 Å². The molecule has 0 aliphatic carbocycles. The van der Waals surface area contributed by atoms with Crippen molar-refractivity contribution in [2.45, 2.75) is 19.9 Å². The summed E-state index contributed by atoms with van der Waals surface area (Å²) in [4.78, 5) is 11.9. The highest BCUT2D eigenvalue weighted by atomic mass is 32.2. The standard InChI is InChI=1S/C12H18N2O3S/c1-8-4-10(6-11(13)5-8)12(15)14-9(2)7-18(3,16)17/h4-6,9H,7,13H2,1-3H3,(H,14,15). The van der Waals surface area contributed by atoms with Crippen LogP contribution in [0, 0.1) is 6.92 Å². The quantitative estimate of drug-likeness (QED) is 0.790. The maximum Gasteiger partial charge on any atom is 0.251 e. The number of amides is 1. The lowest BCUT2D eigenvalue weighted by Gasteiger charge is -2.13. The molecule has 6 heteroatoms. The second-order valence-electron chi connectivity index (χ2n) is 4.60. The van der Waals surface area contributed by atoms with Crippen LogP contribution in [0.1, 0.15) is 22.8 Å². The van der Waals surface area contributed by atoms with Crippen molar-refractivity contribution in [3.63, 3.8) is 0 Å². The number of nitrogens with one attached hydrogen (secondary N) is 1. The molecular formula is C12H18N2O3S. The van der Waals surface area contributed by atoms with E-state index < -0.39 is 15.9 Å². The first kappa shape index (κ1) is 14.5. The summed E-state index contributed by atoms with van der Waals surface area (Å²) in [6.07, 6.45) is 1.14. The van der Waals surface area contributed by atoms with E-state index in [4.69, 9.17) is 5.73 Å². The van der Waals surface area contributed by atoms with E-state index in [0.717, 1.165) is 11.8 Å². The summed E-state index contributed by atoms with van der Waals surface area (Å²) in [5.41, 5.74) is 7.49. The number of nitrogens with two attached hydrogens (primary N) is 1. The van der Waals surface area contributed by atoms with Gasteiger partial charge in [-0.2, -0.15) is 0 Å². The number of aryl methyl sites for hydroxylation is 1. The van der Waals surface area contributed by atoms with Crippen molar-refractivity contribution in [1.29, 1.82) is 0 Å². The molecule has 0 saturated heterocycles. The number of nitrogen functional groups attached to an aromatic ring is 1. The van der Waals surface area contributed by atoms with Crippen LogP contribution >= 0.6 is 0 Å². The van der Waals surface area contributed by atoms with Gasteiger partial charge in [0.2, 0.25) is 0 Å². The average Bonchev–Trinajstić information content (AvgIpc) is 2.12. The van der Waals surface area contributed by atoms with E-state index >= 15 is 0 Å². The van der Waals surface area contributed by atoms with E-state index in [1.54, 1.807) is 25.1 Å². The normalized spacial score (nSPS) is 13.1. The minimum Gasteiger partial charge on any atom is -0.399 e. The molecule has 1 rings (SSSR count). The molecule has 0 bridgehead atoms. The van der Waals surface area contributed by atoms with Crippen LogP contribution in [0.25, 0.3) is 0 Å². The fraction of sp³-hybridized carbons (Fsp3) is 0.417. The molecule has 1 atom stereocenters. The van der Waals surface area contributed by atoms with Gasteiger partial charge in [0, 0.05) is 23.5 Å². The summed E-state index contributed by atoms with van der Waals surface area (Å²) in [6.45, 7) is 3.49. The Kier molecular flexibility index (Phi) is 4.34. The fourth-order valence-electron chi connectivity index (χ4n) is 1.75. The molecule has 100 valence electrons. The van der Waals surface area contributed by atoms with Crippen LogP contribution in [0.3, 0.4) is 0 Å². The monoisotopic (exact) mass is 270 g/mol. The number of carbonyl (C=O) groups excluding carboxylic acids is 1. The Hall–Kier alpha value is -1.56. The maximum atomic E-state index is 11.9. The third-order valence-corrected chi connectivity index (χ3v) is 3.40. The van der Waals surface area contributed by atoms with Gasteiger partial charge in [0.05, 0.1) is 5.75 Å². The molecule has 5 nitrogen and oxygen atoms in total. The molecule has 0 spiro atoms. The summed E-state index contributed by atoms with van der Waals surface area (Å²) in [5, 5.41) is 2.63. The lowest BCUT2D eigenvalue weighted by Crippen LogP contribution is -2.37. The predicted molar refractivity (Wildman–Crippen MR) is 72.2 cm³/mol. The molecule has 18 heavy (non-hydrogen) atoms. The minimum atomic E-state index is -3.11.